The third-order valence-electron chi connectivity index (χ3n) is 3.43. The van der Waals surface area contributed by atoms with E-state index in [0.717, 1.165) is 32.5 Å². The molecule has 0 aromatic carbocycles. The number of hydrogen-bond acceptors (Lipinski definition) is 4. The molecule has 1 rings (SSSR count). The fraction of sp³-hybridized carbons (Fsp3) is 0.875. The molecule has 1 saturated heterocycles. The molecular weight excluding hydrogens is 282 g/mol. The summed E-state index contributed by atoms with van der Waals surface area (Å²) < 4.78 is 5.38. The summed E-state index contributed by atoms with van der Waals surface area (Å²) >= 11 is 0. The molecule has 0 spiro atoms. The minimum absolute atomic E-state index is 0.0289. The third-order valence-corrected chi connectivity index (χ3v) is 3.43. The van der Waals surface area contributed by atoms with Gasteiger partial charge >= 0.3 is 6.09 Å². The molecule has 2 amide bonds. The van der Waals surface area contributed by atoms with Gasteiger partial charge in [0, 0.05) is 19.1 Å². The molecule has 1 fully saturated rings. The van der Waals surface area contributed by atoms with Crippen LogP contribution in [0, 0.1) is 5.92 Å². The fourth-order valence-electron chi connectivity index (χ4n) is 2.41. The van der Waals surface area contributed by atoms with E-state index < -0.39 is 5.60 Å². The molecule has 1 aliphatic rings. The van der Waals surface area contributed by atoms with Crippen molar-refractivity contribution in [1.29, 1.82) is 0 Å². The van der Waals surface area contributed by atoms with Gasteiger partial charge < -0.3 is 20.3 Å². The second-order valence-corrected chi connectivity index (χ2v) is 7.26. The second-order valence-electron chi connectivity index (χ2n) is 7.26. The molecule has 22 heavy (non-hydrogen) atoms. The summed E-state index contributed by atoms with van der Waals surface area (Å²) in [6.45, 7) is 12.1. The van der Waals surface area contributed by atoms with E-state index in [1.54, 1.807) is 4.90 Å². The Morgan fingerprint density at radius 3 is 2.32 bits per heavy atom. The summed E-state index contributed by atoms with van der Waals surface area (Å²) in [4.78, 5) is 25.3. The van der Waals surface area contributed by atoms with E-state index in [2.05, 4.69) is 10.6 Å². The second kappa shape index (κ2) is 8.36. The zero-order chi connectivity index (χ0) is 16.8. The van der Waals surface area contributed by atoms with Crippen molar-refractivity contribution in [3.05, 3.63) is 0 Å². The van der Waals surface area contributed by atoms with Crippen molar-refractivity contribution in [3.8, 4) is 0 Å². The molecule has 0 saturated carbocycles. The maximum absolute atomic E-state index is 12.0. The summed E-state index contributed by atoms with van der Waals surface area (Å²) in [6.07, 6.45) is 1.66. The molecule has 6 nitrogen and oxygen atoms in total. The standard InChI is InChI=1S/C16H31N3O3/c1-12(2)18-14(20)11-17-10-13-6-8-19(9-7-13)15(21)22-16(3,4)5/h12-13,17H,6-11H2,1-5H3,(H,18,20). The van der Waals surface area contributed by atoms with Crippen LogP contribution in [0.25, 0.3) is 0 Å². The fourth-order valence-corrected chi connectivity index (χ4v) is 2.41. The molecule has 2 N–H and O–H groups in total. The smallest absolute Gasteiger partial charge is 0.410 e. The van der Waals surface area contributed by atoms with Gasteiger partial charge in [-0.05, 0) is 59.9 Å². The van der Waals surface area contributed by atoms with Gasteiger partial charge in [0.25, 0.3) is 0 Å². The highest BCUT2D eigenvalue weighted by atomic mass is 16.6. The van der Waals surface area contributed by atoms with Crippen LogP contribution in [0.2, 0.25) is 0 Å². The van der Waals surface area contributed by atoms with Crippen LogP contribution in [-0.2, 0) is 9.53 Å². The van der Waals surface area contributed by atoms with Crippen LogP contribution in [0.5, 0.6) is 0 Å². The molecule has 0 aliphatic carbocycles. The van der Waals surface area contributed by atoms with Gasteiger partial charge in [-0.1, -0.05) is 0 Å². The van der Waals surface area contributed by atoms with E-state index in [9.17, 15) is 9.59 Å². The molecule has 0 radical (unpaired) electrons. The van der Waals surface area contributed by atoms with Crippen LogP contribution in [0.4, 0.5) is 4.79 Å². The summed E-state index contributed by atoms with van der Waals surface area (Å²) in [5.74, 6) is 0.534. The maximum Gasteiger partial charge on any atom is 0.410 e. The van der Waals surface area contributed by atoms with Gasteiger partial charge in [0.1, 0.15) is 5.60 Å². The van der Waals surface area contributed by atoms with E-state index in [1.807, 2.05) is 34.6 Å². The monoisotopic (exact) mass is 313 g/mol. The predicted octanol–water partition coefficient (Wildman–Crippen LogP) is 1.75. The highest BCUT2D eigenvalue weighted by Gasteiger charge is 2.26. The first kappa shape index (κ1) is 18.7. The largest absolute Gasteiger partial charge is 0.444 e. The molecular formula is C16H31N3O3. The Labute approximate surface area is 134 Å². The maximum atomic E-state index is 12.0. The number of rotatable bonds is 5. The molecule has 0 aromatic heterocycles. The van der Waals surface area contributed by atoms with Crippen LogP contribution in [0.15, 0.2) is 0 Å². The van der Waals surface area contributed by atoms with E-state index in [-0.39, 0.29) is 18.0 Å². The van der Waals surface area contributed by atoms with Crippen LogP contribution >= 0.6 is 0 Å². The van der Waals surface area contributed by atoms with Gasteiger partial charge in [0.2, 0.25) is 5.91 Å². The first-order valence-corrected chi connectivity index (χ1v) is 8.15. The van der Waals surface area contributed by atoms with E-state index in [0.29, 0.717) is 12.5 Å². The van der Waals surface area contributed by atoms with E-state index >= 15 is 0 Å². The van der Waals surface area contributed by atoms with Crippen LogP contribution in [0.1, 0.15) is 47.5 Å². The van der Waals surface area contributed by atoms with Crippen molar-refractivity contribution < 1.29 is 14.3 Å². The molecule has 1 heterocycles. The van der Waals surface area contributed by atoms with Crippen LogP contribution < -0.4 is 10.6 Å². The third kappa shape index (κ3) is 7.64. The Kier molecular flexibility index (Phi) is 7.13. The average Bonchev–Trinajstić information content (AvgIpc) is 2.36. The lowest BCUT2D eigenvalue weighted by atomic mass is 9.97. The number of nitrogens with zero attached hydrogens (tertiary/aromatic N) is 1. The highest BCUT2D eigenvalue weighted by Crippen LogP contribution is 2.19. The SMILES string of the molecule is CC(C)NC(=O)CNCC1CCN(C(=O)OC(C)(C)C)CC1. The number of carbonyl (C=O) groups is 2. The van der Waals surface area contributed by atoms with Crippen LogP contribution in [0.3, 0.4) is 0 Å². The van der Waals surface area contributed by atoms with Gasteiger partial charge in [0.15, 0.2) is 0 Å². The number of likely N-dealkylation sites (tertiary alicyclic amines) is 1. The predicted molar refractivity (Wildman–Crippen MR) is 86.7 cm³/mol. The Hall–Kier alpha value is -1.30. The summed E-state index contributed by atoms with van der Waals surface area (Å²) in [5, 5.41) is 6.05. The lowest BCUT2D eigenvalue weighted by Gasteiger charge is -2.33. The Morgan fingerprint density at radius 1 is 1.23 bits per heavy atom. The van der Waals surface area contributed by atoms with E-state index in [1.165, 1.54) is 0 Å². The normalized spacial score (nSPS) is 16.7. The first-order valence-electron chi connectivity index (χ1n) is 8.15. The number of hydrogen-bond donors (Lipinski definition) is 2. The summed E-state index contributed by atoms with van der Waals surface area (Å²) in [7, 11) is 0. The van der Waals surface area contributed by atoms with E-state index in [4.69, 9.17) is 4.74 Å². The van der Waals surface area contributed by atoms with Crippen molar-refractivity contribution in [2.75, 3.05) is 26.2 Å². The van der Waals surface area contributed by atoms with Gasteiger partial charge in [-0.15, -0.1) is 0 Å². The molecule has 6 heteroatoms. The number of nitrogens with one attached hydrogen (secondary N) is 2. The molecule has 0 bridgehead atoms. The van der Waals surface area contributed by atoms with Crippen molar-refractivity contribution in [3.63, 3.8) is 0 Å². The van der Waals surface area contributed by atoms with Crippen LogP contribution in [-0.4, -0.2) is 54.7 Å². The summed E-state index contributed by atoms with van der Waals surface area (Å²) in [6, 6.07) is 0.173. The highest BCUT2D eigenvalue weighted by molar-refractivity contribution is 5.78. The van der Waals surface area contributed by atoms with Gasteiger partial charge in [-0.3, -0.25) is 4.79 Å². The van der Waals surface area contributed by atoms with Crippen molar-refractivity contribution in [2.24, 2.45) is 5.92 Å². The number of carbonyl (C=O) groups excluding carboxylic acids is 2. The lowest BCUT2D eigenvalue weighted by Crippen LogP contribution is -2.44. The number of amides is 2. The quantitative estimate of drug-likeness (QED) is 0.811. The molecule has 0 unspecified atom stereocenters. The molecule has 0 aromatic rings. The Balaban J connectivity index is 2.20. The number of ether oxygens (including phenoxy) is 1. The summed E-state index contributed by atoms with van der Waals surface area (Å²) in [5.41, 5.74) is -0.445. The minimum Gasteiger partial charge on any atom is -0.444 e. The van der Waals surface area contributed by atoms with Gasteiger partial charge in [0.05, 0.1) is 6.54 Å². The Bertz CT molecular complexity index is 369. The van der Waals surface area contributed by atoms with Crippen molar-refractivity contribution >= 4 is 12.0 Å². The van der Waals surface area contributed by atoms with Crippen molar-refractivity contribution in [1.82, 2.24) is 15.5 Å². The first-order chi connectivity index (χ1) is 10.2. The van der Waals surface area contributed by atoms with Crippen molar-refractivity contribution in [2.45, 2.75) is 59.1 Å². The molecule has 1 aliphatic heterocycles. The Morgan fingerprint density at radius 2 is 1.82 bits per heavy atom. The average molecular weight is 313 g/mol. The lowest BCUT2D eigenvalue weighted by molar-refractivity contribution is -0.120. The molecule has 128 valence electrons. The van der Waals surface area contributed by atoms with Gasteiger partial charge in [-0.25, -0.2) is 4.79 Å². The topological polar surface area (TPSA) is 70.7 Å². The minimum atomic E-state index is -0.445. The molecule has 0 atom stereocenters. The zero-order valence-electron chi connectivity index (χ0n) is 14.6. The van der Waals surface area contributed by atoms with Gasteiger partial charge in [-0.2, -0.15) is 0 Å². The number of piperidine rings is 1. The zero-order valence-corrected chi connectivity index (χ0v) is 14.6.